The third kappa shape index (κ3) is 4.12. The van der Waals surface area contributed by atoms with Crippen molar-refractivity contribution in [2.24, 2.45) is 0 Å². The van der Waals surface area contributed by atoms with E-state index in [0.717, 1.165) is 11.1 Å². The van der Waals surface area contributed by atoms with Crippen LogP contribution in [-0.4, -0.2) is 17.8 Å². The normalized spacial score (nSPS) is 10.9. The largest absolute Gasteiger partial charge is 0.490 e. The summed E-state index contributed by atoms with van der Waals surface area (Å²) in [4.78, 5) is 12.3. The van der Waals surface area contributed by atoms with Crippen molar-refractivity contribution in [3.63, 3.8) is 0 Å². The molecule has 1 aromatic rings. The first kappa shape index (κ1) is 16.3. The van der Waals surface area contributed by atoms with Crippen molar-refractivity contribution in [3.05, 3.63) is 27.8 Å². The van der Waals surface area contributed by atoms with Crippen LogP contribution >= 0.6 is 23.2 Å². The number of carbonyl (C=O) groups is 1. The summed E-state index contributed by atoms with van der Waals surface area (Å²) in [5.74, 6) is 1.17. The Bertz CT molecular complexity index is 468. The maximum absolute atomic E-state index is 12.3. The molecule has 0 bridgehead atoms. The number of ketones is 1. The summed E-state index contributed by atoms with van der Waals surface area (Å²) < 4.78 is 5.80. The Morgan fingerprint density at radius 2 is 2.00 bits per heavy atom. The highest BCUT2D eigenvalue weighted by atomic mass is 35.5. The molecule has 0 saturated carbocycles. The summed E-state index contributed by atoms with van der Waals surface area (Å²) in [7, 11) is 0. The fraction of sp³-hybridized carbons (Fsp3) is 0.533. The van der Waals surface area contributed by atoms with Crippen LogP contribution in [0.1, 0.15) is 48.2 Å². The van der Waals surface area contributed by atoms with E-state index < -0.39 is 0 Å². The Balaban J connectivity index is 3.28. The van der Waals surface area contributed by atoms with Crippen molar-refractivity contribution in [1.29, 1.82) is 0 Å². The van der Waals surface area contributed by atoms with Crippen LogP contribution in [0.2, 0.25) is 5.02 Å². The zero-order chi connectivity index (χ0) is 14.6. The molecule has 4 heteroatoms. The van der Waals surface area contributed by atoms with Crippen LogP contribution in [0.3, 0.4) is 0 Å². The van der Waals surface area contributed by atoms with Gasteiger partial charge in [0, 0.05) is 17.3 Å². The smallest absolute Gasteiger partial charge is 0.166 e. The minimum Gasteiger partial charge on any atom is -0.490 e. The van der Waals surface area contributed by atoms with E-state index in [-0.39, 0.29) is 11.9 Å². The first-order valence-electron chi connectivity index (χ1n) is 6.44. The first-order chi connectivity index (χ1) is 8.88. The maximum Gasteiger partial charge on any atom is 0.166 e. The van der Waals surface area contributed by atoms with Gasteiger partial charge in [0.05, 0.1) is 11.7 Å². The summed E-state index contributed by atoms with van der Waals surface area (Å²) in [5.41, 5.74) is 2.27. The molecule has 1 rings (SSSR count). The first-order valence-corrected chi connectivity index (χ1v) is 7.35. The molecule has 0 atom stereocenters. The monoisotopic (exact) mass is 302 g/mol. The van der Waals surface area contributed by atoms with Crippen molar-refractivity contribution in [3.8, 4) is 5.75 Å². The van der Waals surface area contributed by atoms with Crippen molar-refractivity contribution in [2.75, 3.05) is 5.88 Å². The molecule has 0 aliphatic carbocycles. The van der Waals surface area contributed by atoms with Crippen LogP contribution in [0, 0.1) is 13.8 Å². The van der Waals surface area contributed by atoms with Crippen molar-refractivity contribution in [1.82, 2.24) is 0 Å². The highest BCUT2D eigenvalue weighted by molar-refractivity contribution is 6.32. The lowest BCUT2D eigenvalue weighted by Gasteiger charge is -2.19. The van der Waals surface area contributed by atoms with Crippen molar-refractivity contribution in [2.45, 2.75) is 46.6 Å². The third-order valence-corrected chi connectivity index (χ3v) is 3.49. The van der Waals surface area contributed by atoms with Crippen LogP contribution in [-0.2, 0) is 0 Å². The number of carbonyl (C=O) groups excluding carboxylic acids is 1. The second-order valence-corrected chi connectivity index (χ2v) is 5.67. The van der Waals surface area contributed by atoms with Crippen LogP contribution in [0.5, 0.6) is 5.75 Å². The number of rotatable bonds is 6. The van der Waals surface area contributed by atoms with E-state index in [2.05, 4.69) is 0 Å². The molecule has 0 heterocycles. The van der Waals surface area contributed by atoms with Gasteiger partial charge in [-0.15, -0.1) is 11.6 Å². The van der Waals surface area contributed by atoms with Crippen molar-refractivity contribution < 1.29 is 9.53 Å². The summed E-state index contributed by atoms with van der Waals surface area (Å²) in [6.07, 6.45) is 1.09. The SMILES string of the molecule is Cc1cc(Cl)c(C)c(C(=O)CCCCl)c1OC(C)C. The molecule has 0 spiro atoms. The predicted molar refractivity (Wildman–Crippen MR) is 81.0 cm³/mol. The lowest BCUT2D eigenvalue weighted by molar-refractivity contribution is 0.0975. The molecule has 0 aliphatic rings. The van der Waals surface area contributed by atoms with E-state index in [4.69, 9.17) is 27.9 Å². The predicted octanol–water partition coefficient (Wildman–Crippen LogP) is 4.95. The molecule has 2 nitrogen and oxygen atoms in total. The second-order valence-electron chi connectivity index (χ2n) is 4.89. The number of aryl methyl sites for hydroxylation is 1. The fourth-order valence-corrected chi connectivity index (χ4v) is 2.32. The molecular weight excluding hydrogens is 283 g/mol. The highest BCUT2D eigenvalue weighted by Gasteiger charge is 2.20. The molecule has 1 aromatic carbocycles. The highest BCUT2D eigenvalue weighted by Crippen LogP contribution is 2.34. The third-order valence-electron chi connectivity index (χ3n) is 2.83. The fourth-order valence-electron chi connectivity index (χ4n) is 1.93. The lowest BCUT2D eigenvalue weighted by atomic mass is 9.97. The summed E-state index contributed by atoms with van der Waals surface area (Å²) in [6.45, 7) is 7.64. The van der Waals surface area contributed by atoms with Crippen LogP contribution in [0.4, 0.5) is 0 Å². The number of benzene rings is 1. The Kier molecular flexibility index (Phi) is 6.15. The quantitative estimate of drug-likeness (QED) is 0.549. The van der Waals surface area contributed by atoms with Gasteiger partial charge in [-0.3, -0.25) is 4.79 Å². The number of Topliss-reactive ketones (excluding diaryl/α,β-unsaturated/α-hetero) is 1. The Morgan fingerprint density at radius 3 is 2.53 bits per heavy atom. The van der Waals surface area contributed by atoms with Crippen LogP contribution in [0.25, 0.3) is 0 Å². The molecule has 0 saturated heterocycles. The van der Waals surface area contributed by atoms with Gasteiger partial charge in [0.15, 0.2) is 5.78 Å². The van der Waals surface area contributed by atoms with Gasteiger partial charge >= 0.3 is 0 Å². The molecule has 0 N–H and O–H groups in total. The van der Waals surface area contributed by atoms with E-state index >= 15 is 0 Å². The molecule has 0 fully saturated rings. The number of ether oxygens (including phenoxy) is 1. The molecule has 106 valence electrons. The van der Waals surface area contributed by atoms with Crippen molar-refractivity contribution >= 4 is 29.0 Å². The Labute approximate surface area is 125 Å². The van der Waals surface area contributed by atoms with E-state index in [1.54, 1.807) is 0 Å². The van der Waals surface area contributed by atoms with Gasteiger partial charge in [-0.25, -0.2) is 0 Å². The van der Waals surface area contributed by atoms with Gasteiger partial charge in [-0.1, -0.05) is 11.6 Å². The Hall–Kier alpha value is -0.730. The molecule has 19 heavy (non-hydrogen) atoms. The van der Waals surface area contributed by atoms with Gasteiger partial charge in [0.2, 0.25) is 0 Å². The topological polar surface area (TPSA) is 26.3 Å². The zero-order valence-electron chi connectivity index (χ0n) is 11.8. The van der Waals surface area contributed by atoms with Gasteiger partial charge in [0.1, 0.15) is 5.75 Å². The zero-order valence-corrected chi connectivity index (χ0v) is 13.4. The Morgan fingerprint density at radius 1 is 1.37 bits per heavy atom. The van der Waals surface area contributed by atoms with Gasteiger partial charge in [-0.2, -0.15) is 0 Å². The molecule has 0 aliphatic heterocycles. The van der Waals surface area contributed by atoms with Crippen LogP contribution < -0.4 is 4.74 Å². The summed E-state index contributed by atoms with van der Waals surface area (Å²) >= 11 is 11.8. The molecule has 0 amide bonds. The minimum absolute atomic E-state index is 0.0128. The van der Waals surface area contributed by atoms with E-state index in [1.165, 1.54) is 0 Å². The van der Waals surface area contributed by atoms with Crippen LogP contribution in [0.15, 0.2) is 6.07 Å². The number of hydrogen-bond donors (Lipinski definition) is 0. The summed E-state index contributed by atoms with van der Waals surface area (Å²) in [5, 5.41) is 0.600. The molecule has 0 unspecified atom stereocenters. The van der Waals surface area contributed by atoms with Gasteiger partial charge in [-0.05, 0) is 51.3 Å². The maximum atomic E-state index is 12.3. The second kappa shape index (κ2) is 7.16. The summed E-state index contributed by atoms with van der Waals surface area (Å²) in [6, 6.07) is 1.84. The number of alkyl halides is 1. The molecular formula is C15H20Cl2O2. The molecule has 0 aromatic heterocycles. The number of hydrogen-bond acceptors (Lipinski definition) is 2. The van der Waals surface area contributed by atoms with E-state index in [0.29, 0.717) is 35.1 Å². The average molecular weight is 303 g/mol. The van der Waals surface area contributed by atoms with Gasteiger partial charge in [0.25, 0.3) is 0 Å². The standard InChI is InChI=1S/C15H20Cl2O2/c1-9(2)19-15-10(3)8-12(17)11(4)14(15)13(18)6-5-7-16/h8-9H,5-7H2,1-4H3. The lowest BCUT2D eigenvalue weighted by Crippen LogP contribution is -2.13. The minimum atomic E-state index is 0.0128. The average Bonchev–Trinajstić information content (AvgIpc) is 2.33. The van der Waals surface area contributed by atoms with E-state index in [1.807, 2.05) is 33.8 Å². The molecule has 0 radical (unpaired) electrons. The van der Waals surface area contributed by atoms with Gasteiger partial charge < -0.3 is 4.74 Å². The number of halogens is 2. The van der Waals surface area contributed by atoms with E-state index in [9.17, 15) is 4.79 Å².